The molecule has 1 aromatic carbocycles. The molecular formula is C24H21N5O6S2. The molecule has 1 saturated heterocycles. The number of fused-ring (bicyclic) bond motifs is 1. The van der Waals surface area contributed by atoms with Gasteiger partial charge in [0.05, 0.1) is 18.3 Å². The van der Waals surface area contributed by atoms with Crippen LogP contribution in [0.15, 0.2) is 80.3 Å². The van der Waals surface area contributed by atoms with E-state index in [4.69, 9.17) is 15.0 Å². The molecule has 190 valence electrons. The molecule has 3 aromatic rings. The van der Waals surface area contributed by atoms with Crippen molar-refractivity contribution in [2.24, 2.45) is 17.9 Å². The van der Waals surface area contributed by atoms with Crippen molar-refractivity contribution >= 4 is 46.9 Å². The number of aromatic nitrogens is 2. The molecule has 5 rings (SSSR count). The number of aliphatic carboxylic acids is 1. The van der Waals surface area contributed by atoms with Crippen molar-refractivity contribution in [3.63, 3.8) is 0 Å². The van der Waals surface area contributed by atoms with Crippen molar-refractivity contribution in [3.05, 3.63) is 71.5 Å². The lowest BCUT2D eigenvalue weighted by Crippen LogP contribution is -2.82. The van der Waals surface area contributed by atoms with Gasteiger partial charge in [-0.25, -0.2) is 9.78 Å². The Bertz CT molecular complexity index is 1450. The fraction of sp³-hybridized carbons (Fsp3) is 0.208. The van der Waals surface area contributed by atoms with Crippen LogP contribution in [0.1, 0.15) is 5.76 Å². The lowest BCUT2D eigenvalue weighted by atomic mass is 9.81. The van der Waals surface area contributed by atoms with Gasteiger partial charge in [-0.1, -0.05) is 29.1 Å². The van der Waals surface area contributed by atoms with Crippen LogP contribution in [0, 0.1) is 0 Å². The van der Waals surface area contributed by atoms with Crippen molar-refractivity contribution in [2.75, 3.05) is 12.9 Å². The number of hydrogen-bond donors (Lipinski definition) is 2. The van der Waals surface area contributed by atoms with Gasteiger partial charge in [0.15, 0.2) is 17.0 Å². The van der Waals surface area contributed by atoms with Crippen molar-refractivity contribution in [3.8, 4) is 11.3 Å². The smallest absolute Gasteiger partial charge is 0.353 e. The highest BCUT2D eigenvalue weighted by molar-refractivity contribution is 8.06. The van der Waals surface area contributed by atoms with Gasteiger partial charge in [0, 0.05) is 34.4 Å². The standard InChI is InChI=1S/C24H21N5O6S2/c1-28-10-15(26-12-28)13-5-7-14(8-6-13)37-17-11-36-23-24(25,22(33)29(23)19(17)21(31)32)20(30)18(27-34-2)16-4-3-9-35-16/h3-10,12,23H,11,25H2,1-2H3,(H,31,32)/t23-,24?/m0/s1. The Labute approximate surface area is 219 Å². The van der Waals surface area contributed by atoms with Gasteiger partial charge < -0.3 is 24.7 Å². The molecule has 11 nitrogen and oxygen atoms in total. The van der Waals surface area contributed by atoms with Crippen LogP contribution in [-0.4, -0.2) is 66.7 Å². The van der Waals surface area contributed by atoms with E-state index in [-0.39, 0.29) is 22.9 Å². The molecule has 0 saturated carbocycles. The van der Waals surface area contributed by atoms with Crippen LogP contribution in [0.5, 0.6) is 0 Å². The maximum atomic E-state index is 13.4. The molecule has 37 heavy (non-hydrogen) atoms. The second kappa shape index (κ2) is 9.57. The van der Waals surface area contributed by atoms with E-state index in [2.05, 4.69) is 10.1 Å². The molecule has 2 aliphatic rings. The minimum Gasteiger partial charge on any atom is -0.477 e. The molecule has 1 unspecified atom stereocenters. The van der Waals surface area contributed by atoms with E-state index in [9.17, 15) is 19.5 Å². The molecule has 0 spiro atoms. The Morgan fingerprint density at radius 1 is 1.32 bits per heavy atom. The largest absolute Gasteiger partial charge is 0.477 e. The number of nitrogens with two attached hydrogens (primary N) is 1. The van der Waals surface area contributed by atoms with E-state index in [1.165, 1.54) is 43.0 Å². The normalized spacial score (nSPS) is 21.5. The number of Topliss-reactive ketones (excluding diaryl/α,β-unsaturated/α-hetero) is 1. The third-order valence-electron chi connectivity index (χ3n) is 5.90. The number of benzene rings is 1. The summed E-state index contributed by atoms with van der Waals surface area (Å²) in [6.45, 7) is 0. The summed E-state index contributed by atoms with van der Waals surface area (Å²) >= 11 is 2.46. The summed E-state index contributed by atoms with van der Waals surface area (Å²) in [6, 6.07) is 10.6. The molecule has 2 atom stereocenters. The first-order valence-corrected chi connectivity index (χ1v) is 12.8. The number of β-lactam (4-membered cyclic amide) rings is 1. The second-order valence-electron chi connectivity index (χ2n) is 8.26. The monoisotopic (exact) mass is 539 g/mol. The highest BCUT2D eigenvalue weighted by Crippen LogP contribution is 2.49. The average molecular weight is 540 g/mol. The molecule has 3 N–H and O–H groups in total. The van der Waals surface area contributed by atoms with Crippen LogP contribution in [0.25, 0.3) is 11.3 Å². The van der Waals surface area contributed by atoms with E-state index in [0.29, 0.717) is 4.91 Å². The summed E-state index contributed by atoms with van der Waals surface area (Å²) in [6.07, 6.45) is 4.96. The van der Waals surface area contributed by atoms with E-state index in [1.807, 2.05) is 42.1 Å². The van der Waals surface area contributed by atoms with E-state index >= 15 is 0 Å². The first-order chi connectivity index (χ1) is 17.8. The first kappa shape index (κ1) is 24.9. The second-order valence-corrected chi connectivity index (χ2v) is 10.5. The van der Waals surface area contributed by atoms with Gasteiger partial charge in [-0.15, -0.1) is 11.8 Å². The number of rotatable bonds is 8. The van der Waals surface area contributed by atoms with Crippen LogP contribution in [-0.2, 0) is 26.3 Å². The van der Waals surface area contributed by atoms with Gasteiger partial charge in [0.25, 0.3) is 5.91 Å². The van der Waals surface area contributed by atoms with E-state index in [0.717, 1.165) is 21.1 Å². The first-order valence-electron chi connectivity index (χ1n) is 10.9. The Balaban J connectivity index is 1.41. The van der Waals surface area contributed by atoms with E-state index in [1.54, 1.807) is 12.4 Å². The topological polar surface area (TPSA) is 153 Å². The summed E-state index contributed by atoms with van der Waals surface area (Å²) in [4.78, 5) is 50.4. The fourth-order valence-corrected chi connectivity index (χ4v) is 6.68. The SMILES string of the molecule is CON=C(C(=O)C1(N)C(=O)N2C(C(=O)O)=C(Sc3ccc(-c4cn(C)cn4)cc3)CS[C@H]21)c1ccco1. The fourth-order valence-electron chi connectivity index (χ4n) is 4.14. The quantitative estimate of drug-likeness (QED) is 0.189. The number of carboxylic acids is 1. The Kier molecular flexibility index (Phi) is 6.43. The number of amides is 1. The number of imidazole rings is 1. The van der Waals surface area contributed by atoms with Crippen molar-refractivity contribution in [1.29, 1.82) is 0 Å². The Hall–Kier alpha value is -3.81. The van der Waals surface area contributed by atoms with Crippen LogP contribution in [0.2, 0.25) is 0 Å². The third kappa shape index (κ3) is 4.14. The minimum atomic E-state index is -2.02. The number of carbonyl (C=O) groups is 3. The summed E-state index contributed by atoms with van der Waals surface area (Å²) in [7, 11) is 3.14. The average Bonchev–Trinajstić information content (AvgIpc) is 3.58. The van der Waals surface area contributed by atoms with Crippen molar-refractivity contribution in [2.45, 2.75) is 15.8 Å². The highest BCUT2D eigenvalue weighted by Gasteiger charge is 2.67. The van der Waals surface area contributed by atoms with Crippen LogP contribution in [0.3, 0.4) is 0 Å². The van der Waals surface area contributed by atoms with Gasteiger partial charge >= 0.3 is 5.97 Å². The van der Waals surface area contributed by atoms with Gasteiger partial charge in [-0.05, 0) is 24.3 Å². The van der Waals surface area contributed by atoms with E-state index < -0.39 is 28.6 Å². The summed E-state index contributed by atoms with van der Waals surface area (Å²) in [5.41, 5.74) is 5.63. The van der Waals surface area contributed by atoms with Gasteiger partial charge in [-0.2, -0.15) is 0 Å². The lowest BCUT2D eigenvalue weighted by molar-refractivity contribution is -0.157. The zero-order valence-corrected chi connectivity index (χ0v) is 21.3. The van der Waals surface area contributed by atoms with Gasteiger partial charge in [0.2, 0.25) is 5.78 Å². The summed E-state index contributed by atoms with van der Waals surface area (Å²) in [5, 5.41) is 12.8. The molecular weight excluding hydrogens is 518 g/mol. The van der Waals surface area contributed by atoms with Crippen molar-refractivity contribution in [1.82, 2.24) is 14.5 Å². The highest BCUT2D eigenvalue weighted by atomic mass is 32.2. The Morgan fingerprint density at radius 2 is 2.08 bits per heavy atom. The number of oxime groups is 1. The molecule has 1 amide bonds. The van der Waals surface area contributed by atoms with Crippen LogP contribution in [0.4, 0.5) is 0 Å². The maximum Gasteiger partial charge on any atom is 0.353 e. The number of hydrogen-bond acceptors (Lipinski definition) is 10. The number of carboxylic acid groups (broad SMARTS) is 1. The summed E-state index contributed by atoms with van der Waals surface area (Å²) < 4.78 is 7.10. The molecule has 0 bridgehead atoms. The minimum absolute atomic E-state index is 0.0862. The lowest BCUT2D eigenvalue weighted by Gasteiger charge is -2.54. The molecule has 2 aliphatic heterocycles. The maximum absolute atomic E-state index is 13.4. The number of nitrogens with zero attached hydrogens (tertiary/aromatic N) is 4. The molecule has 0 aliphatic carbocycles. The number of ketones is 1. The van der Waals surface area contributed by atoms with Crippen LogP contribution < -0.4 is 5.73 Å². The predicted molar refractivity (Wildman–Crippen MR) is 136 cm³/mol. The van der Waals surface area contributed by atoms with Crippen molar-refractivity contribution < 1.29 is 28.7 Å². The number of furan rings is 1. The molecule has 2 aromatic heterocycles. The number of carbonyl (C=O) groups excluding carboxylic acids is 2. The third-order valence-corrected chi connectivity index (χ3v) is 8.53. The molecule has 4 heterocycles. The predicted octanol–water partition coefficient (Wildman–Crippen LogP) is 2.30. The molecule has 1 fully saturated rings. The zero-order chi connectivity index (χ0) is 26.3. The molecule has 0 radical (unpaired) electrons. The Morgan fingerprint density at radius 3 is 2.68 bits per heavy atom. The zero-order valence-electron chi connectivity index (χ0n) is 19.7. The molecule has 13 heteroatoms. The van der Waals surface area contributed by atoms with Gasteiger partial charge in [0.1, 0.15) is 18.2 Å². The van der Waals surface area contributed by atoms with Crippen LogP contribution >= 0.6 is 23.5 Å². The summed E-state index contributed by atoms with van der Waals surface area (Å²) in [5.74, 6) is -2.59. The number of aryl methyl sites for hydroxylation is 1. The van der Waals surface area contributed by atoms with Gasteiger partial charge in [-0.3, -0.25) is 14.5 Å². The number of thioether (sulfide) groups is 2.